The zero-order chi connectivity index (χ0) is 9.56. The van der Waals surface area contributed by atoms with Crippen molar-refractivity contribution in [2.24, 2.45) is 0 Å². The van der Waals surface area contributed by atoms with Gasteiger partial charge in [0, 0.05) is 6.07 Å². The molecule has 0 fully saturated rings. The van der Waals surface area contributed by atoms with Gasteiger partial charge in [0.25, 0.3) is 0 Å². The molecule has 0 aromatic heterocycles. The molecular weight excluding hydrogens is 230 g/mol. The first kappa shape index (κ1) is 20.3. The van der Waals surface area contributed by atoms with E-state index in [1.807, 2.05) is 0 Å². The second kappa shape index (κ2) is 12.0. The molecule has 1 aromatic carbocycles. The van der Waals surface area contributed by atoms with Crippen LogP contribution in [0.25, 0.3) is 0 Å². The number of rotatable bonds is 0. The maximum atomic E-state index is 8.65. The minimum absolute atomic E-state index is 0. The average Bonchev–Trinajstić information content (AvgIpc) is 1.84. The summed E-state index contributed by atoms with van der Waals surface area (Å²) < 4.78 is 25.3. The molecule has 8 heteroatoms. The molecule has 0 unspecified atom stereocenters. The molecule has 0 aliphatic rings. The second-order valence-electron chi connectivity index (χ2n) is 1.72. The summed E-state index contributed by atoms with van der Waals surface area (Å²) >= 11 is -3.11. The van der Waals surface area contributed by atoms with E-state index in [9.17, 15) is 0 Å². The Balaban J connectivity index is -0.000000180. The maximum absolute atomic E-state index is 8.65. The molecule has 0 saturated carbocycles. The molecule has 0 spiro atoms. The summed E-state index contributed by atoms with van der Waals surface area (Å²) in [5.41, 5.74) is 0. The SMILES string of the molecule is O=S([O-])[O-].Oc1cccc(O)c1.[Na+].[Na+]. The van der Waals surface area contributed by atoms with Crippen molar-refractivity contribution >= 4 is 11.4 Å². The summed E-state index contributed by atoms with van der Waals surface area (Å²) in [7, 11) is 0. The van der Waals surface area contributed by atoms with E-state index in [2.05, 4.69) is 0 Å². The average molecular weight is 236 g/mol. The zero-order valence-corrected chi connectivity index (χ0v) is 12.7. The molecule has 68 valence electrons. The second-order valence-corrected chi connectivity index (χ2v) is 2.13. The van der Waals surface area contributed by atoms with Gasteiger partial charge in [0.15, 0.2) is 0 Å². The van der Waals surface area contributed by atoms with E-state index in [1.54, 1.807) is 6.07 Å². The van der Waals surface area contributed by atoms with E-state index in [4.69, 9.17) is 23.5 Å². The van der Waals surface area contributed by atoms with E-state index < -0.39 is 11.4 Å². The topological polar surface area (TPSA) is 104 Å². The van der Waals surface area contributed by atoms with Crippen LogP contribution < -0.4 is 59.1 Å². The molecular formula is C6H6Na2O5S. The van der Waals surface area contributed by atoms with Crippen LogP contribution in [0.2, 0.25) is 0 Å². The van der Waals surface area contributed by atoms with Gasteiger partial charge in [-0.1, -0.05) is 6.07 Å². The summed E-state index contributed by atoms with van der Waals surface area (Å²) in [6.45, 7) is 0. The molecule has 14 heavy (non-hydrogen) atoms. The fourth-order valence-corrected chi connectivity index (χ4v) is 0.493. The van der Waals surface area contributed by atoms with Crippen LogP contribution in [-0.2, 0) is 11.4 Å². The van der Waals surface area contributed by atoms with Crippen molar-refractivity contribution in [1.82, 2.24) is 0 Å². The van der Waals surface area contributed by atoms with Gasteiger partial charge in [-0.2, -0.15) is 0 Å². The third-order valence-corrected chi connectivity index (χ3v) is 0.830. The molecule has 5 nitrogen and oxygen atoms in total. The molecule has 1 aromatic rings. The Hall–Kier alpha value is 0.890. The van der Waals surface area contributed by atoms with Crippen LogP contribution >= 0.6 is 0 Å². The summed E-state index contributed by atoms with van der Waals surface area (Å²) in [4.78, 5) is 0. The van der Waals surface area contributed by atoms with Gasteiger partial charge in [0.05, 0.1) is 0 Å². The van der Waals surface area contributed by atoms with Gasteiger partial charge in [-0.3, -0.25) is 4.21 Å². The number of phenolic OH excluding ortho intramolecular Hbond substituents is 2. The van der Waals surface area contributed by atoms with E-state index in [1.165, 1.54) is 18.2 Å². The van der Waals surface area contributed by atoms with Gasteiger partial charge >= 0.3 is 59.1 Å². The predicted molar refractivity (Wildman–Crippen MR) is 39.5 cm³/mol. The summed E-state index contributed by atoms with van der Waals surface area (Å²) in [5, 5.41) is 17.3. The minimum Gasteiger partial charge on any atom is -0.784 e. The van der Waals surface area contributed by atoms with E-state index in [-0.39, 0.29) is 70.6 Å². The molecule has 0 aliphatic carbocycles. The van der Waals surface area contributed by atoms with Crippen molar-refractivity contribution < 1.29 is 82.6 Å². The zero-order valence-electron chi connectivity index (χ0n) is 7.84. The minimum atomic E-state index is -3.11. The van der Waals surface area contributed by atoms with Crippen LogP contribution in [0.4, 0.5) is 0 Å². The Morgan fingerprint density at radius 2 is 1.36 bits per heavy atom. The van der Waals surface area contributed by atoms with Gasteiger partial charge in [-0.05, 0) is 12.1 Å². The summed E-state index contributed by atoms with van der Waals surface area (Å²) in [6, 6.07) is 5.85. The van der Waals surface area contributed by atoms with Crippen LogP contribution in [-0.4, -0.2) is 23.5 Å². The fourth-order valence-electron chi connectivity index (χ4n) is 0.493. The van der Waals surface area contributed by atoms with Crippen molar-refractivity contribution in [3.8, 4) is 11.5 Å². The first-order valence-electron chi connectivity index (χ1n) is 2.77. The Kier molecular flexibility index (Phi) is 17.4. The van der Waals surface area contributed by atoms with Crippen molar-refractivity contribution in [3.05, 3.63) is 24.3 Å². The van der Waals surface area contributed by atoms with E-state index >= 15 is 0 Å². The van der Waals surface area contributed by atoms with Gasteiger partial charge < -0.3 is 19.3 Å². The summed E-state index contributed by atoms with van der Waals surface area (Å²) in [5.74, 6) is 0.176. The molecule has 0 heterocycles. The number of benzene rings is 1. The predicted octanol–water partition coefficient (Wildman–Crippen LogP) is -5.90. The van der Waals surface area contributed by atoms with Crippen molar-refractivity contribution in [3.63, 3.8) is 0 Å². The standard InChI is InChI=1S/C6H6O2.2Na.H2O3S/c7-5-2-1-3-6(8)4-5;;;1-4(2)3/h1-4,7-8H;;;(H2,1,2,3)/q;2*+1;/p-2. The van der Waals surface area contributed by atoms with Gasteiger partial charge in [0.1, 0.15) is 11.5 Å². The third kappa shape index (κ3) is 15.4. The molecule has 1 rings (SSSR count). The maximum Gasteiger partial charge on any atom is 1.00 e. The Morgan fingerprint density at radius 3 is 1.50 bits per heavy atom. The normalized spacial score (nSPS) is 7.64. The first-order chi connectivity index (χ1) is 5.52. The molecule has 0 amide bonds. The van der Waals surface area contributed by atoms with Crippen LogP contribution in [0.5, 0.6) is 11.5 Å². The fraction of sp³-hybridized carbons (Fsp3) is 0. The molecule has 0 aliphatic heterocycles. The Morgan fingerprint density at radius 1 is 1.07 bits per heavy atom. The monoisotopic (exact) mass is 236 g/mol. The van der Waals surface area contributed by atoms with Gasteiger partial charge in [-0.25, -0.2) is 0 Å². The molecule has 0 saturated heterocycles. The number of hydrogen-bond acceptors (Lipinski definition) is 5. The van der Waals surface area contributed by atoms with Crippen LogP contribution in [0.3, 0.4) is 0 Å². The quantitative estimate of drug-likeness (QED) is 0.345. The van der Waals surface area contributed by atoms with Crippen LogP contribution in [0.15, 0.2) is 24.3 Å². The Bertz CT molecular complexity index is 249. The summed E-state index contributed by atoms with van der Waals surface area (Å²) in [6.07, 6.45) is 0. The number of phenols is 2. The van der Waals surface area contributed by atoms with E-state index in [0.717, 1.165) is 0 Å². The van der Waals surface area contributed by atoms with Crippen molar-refractivity contribution in [1.29, 1.82) is 0 Å². The van der Waals surface area contributed by atoms with Crippen LogP contribution in [0, 0.1) is 0 Å². The van der Waals surface area contributed by atoms with Crippen molar-refractivity contribution in [2.75, 3.05) is 0 Å². The molecule has 2 N–H and O–H groups in total. The number of aromatic hydroxyl groups is 2. The molecule has 0 radical (unpaired) electrons. The van der Waals surface area contributed by atoms with Gasteiger partial charge in [-0.15, -0.1) is 11.4 Å². The Labute approximate surface area is 128 Å². The third-order valence-electron chi connectivity index (χ3n) is 0.830. The van der Waals surface area contributed by atoms with Crippen molar-refractivity contribution in [2.45, 2.75) is 0 Å². The van der Waals surface area contributed by atoms with Gasteiger partial charge in [0.2, 0.25) is 0 Å². The van der Waals surface area contributed by atoms with E-state index in [0.29, 0.717) is 0 Å². The largest absolute Gasteiger partial charge is 1.00 e. The number of hydrogen-bond donors (Lipinski definition) is 2. The molecule has 0 atom stereocenters. The smallest absolute Gasteiger partial charge is 0.784 e. The first-order valence-corrected chi connectivity index (χ1v) is 3.77. The van der Waals surface area contributed by atoms with Crippen LogP contribution in [0.1, 0.15) is 0 Å². The molecule has 0 bridgehead atoms.